The highest BCUT2D eigenvalue weighted by Crippen LogP contribution is 2.09. The fourth-order valence-electron chi connectivity index (χ4n) is 1.07. The first kappa shape index (κ1) is 8.81. The van der Waals surface area contributed by atoms with E-state index in [-0.39, 0.29) is 18.0 Å². The third kappa shape index (κ3) is 3.08. The molecule has 1 rings (SSSR count). The summed E-state index contributed by atoms with van der Waals surface area (Å²) in [6, 6.07) is 0. The number of nitrogens with one attached hydrogen (secondary N) is 1. The van der Waals surface area contributed by atoms with Crippen LogP contribution in [0.3, 0.4) is 0 Å². The summed E-state index contributed by atoms with van der Waals surface area (Å²) in [6.45, 7) is 0.743. The molecule has 1 N–H and O–H groups in total. The van der Waals surface area contributed by atoms with Crippen LogP contribution in [-0.4, -0.2) is 24.6 Å². The van der Waals surface area contributed by atoms with Gasteiger partial charge in [0.1, 0.15) is 12.1 Å². The van der Waals surface area contributed by atoms with Gasteiger partial charge in [0.2, 0.25) is 5.91 Å². The van der Waals surface area contributed by atoms with Crippen LogP contribution in [0, 0.1) is 0 Å². The van der Waals surface area contributed by atoms with Crippen molar-refractivity contribution >= 4 is 17.5 Å². The summed E-state index contributed by atoms with van der Waals surface area (Å²) >= 11 is 5.30. The summed E-state index contributed by atoms with van der Waals surface area (Å²) in [5.74, 6) is -0.140. The molecule has 0 bridgehead atoms. The summed E-state index contributed by atoms with van der Waals surface area (Å²) in [7, 11) is 0. The lowest BCUT2D eigenvalue weighted by molar-refractivity contribution is -0.124. The monoisotopic (exact) mass is 177 g/mol. The zero-order chi connectivity index (χ0) is 8.10. The van der Waals surface area contributed by atoms with Crippen molar-refractivity contribution in [2.75, 3.05) is 12.5 Å². The summed E-state index contributed by atoms with van der Waals surface area (Å²) in [4.78, 5) is 10.8. The molecule has 1 amide bonds. The standard InChI is InChI=1S/C7H12ClNO2/c8-5-6(10)9-7-3-1-2-4-11-7/h7H,1-5H2,(H,9,10). The Hall–Kier alpha value is -0.280. The highest BCUT2D eigenvalue weighted by Gasteiger charge is 2.14. The van der Waals surface area contributed by atoms with E-state index in [0.717, 1.165) is 25.9 Å². The predicted molar refractivity (Wildman–Crippen MR) is 42.5 cm³/mol. The van der Waals surface area contributed by atoms with Gasteiger partial charge in [-0.1, -0.05) is 0 Å². The number of ether oxygens (including phenoxy) is 1. The van der Waals surface area contributed by atoms with Crippen molar-refractivity contribution in [3.05, 3.63) is 0 Å². The van der Waals surface area contributed by atoms with Gasteiger partial charge in [0, 0.05) is 6.61 Å². The average Bonchev–Trinajstić information content (AvgIpc) is 2.06. The molecule has 1 atom stereocenters. The van der Waals surface area contributed by atoms with Crippen LogP contribution >= 0.6 is 11.6 Å². The summed E-state index contributed by atoms with van der Waals surface area (Å²) in [5, 5.41) is 2.68. The number of carbonyl (C=O) groups excluding carboxylic acids is 1. The smallest absolute Gasteiger partial charge is 0.236 e. The second kappa shape index (κ2) is 4.57. The molecule has 1 heterocycles. The van der Waals surface area contributed by atoms with Gasteiger partial charge < -0.3 is 10.1 Å². The van der Waals surface area contributed by atoms with Gasteiger partial charge in [-0.15, -0.1) is 11.6 Å². The molecule has 1 aliphatic heterocycles. The van der Waals surface area contributed by atoms with E-state index in [4.69, 9.17) is 16.3 Å². The molecule has 1 saturated heterocycles. The highest BCUT2D eigenvalue weighted by atomic mass is 35.5. The Balaban J connectivity index is 2.19. The van der Waals surface area contributed by atoms with Crippen LogP contribution in [-0.2, 0) is 9.53 Å². The highest BCUT2D eigenvalue weighted by molar-refractivity contribution is 6.27. The fourth-order valence-corrected chi connectivity index (χ4v) is 1.15. The van der Waals surface area contributed by atoms with Crippen molar-refractivity contribution in [2.24, 2.45) is 0 Å². The van der Waals surface area contributed by atoms with Crippen LogP contribution < -0.4 is 5.32 Å². The summed E-state index contributed by atoms with van der Waals surface area (Å²) in [6.07, 6.45) is 3.01. The van der Waals surface area contributed by atoms with Crippen LogP contribution in [0.5, 0.6) is 0 Å². The number of amides is 1. The van der Waals surface area contributed by atoms with Crippen molar-refractivity contribution in [1.29, 1.82) is 0 Å². The van der Waals surface area contributed by atoms with Crippen LogP contribution in [0.4, 0.5) is 0 Å². The number of halogens is 1. The second-order valence-corrected chi connectivity index (χ2v) is 2.82. The van der Waals surface area contributed by atoms with E-state index < -0.39 is 0 Å². The molecule has 1 aliphatic rings. The van der Waals surface area contributed by atoms with Crippen molar-refractivity contribution in [3.63, 3.8) is 0 Å². The largest absolute Gasteiger partial charge is 0.359 e. The number of hydrogen-bond donors (Lipinski definition) is 1. The lowest BCUT2D eigenvalue weighted by Gasteiger charge is -2.22. The molecule has 0 aromatic rings. The molecule has 1 unspecified atom stereocenters. The molecule has 0 spiro atoms. The van der Waals surface area contributed by atoms with E-state index in [2.05, 4.69) is 5.32 Å². The zero-order valence-electron chi connectivity index (χ0n) is 6.31. The lowest BCUT2D eigenvalue weighted by atomic mass is 10.2. The van der Waals surface area contributed by atoms with Gasteiger partial charge in [0.25, 0.3) is 0 Å². The molecule has 0 aromatic carbocycles. The van der Waals surface area contributed by atoms with Crippen LogP contribution in [0.15, 0.2) is 0 Å². The minimum absolute atomic E-state index is 0.0137. The van der Waals surface area contributed by atoms with Crippen molar-refractivity contribution in [2.45, 2.75) is 25.5 Å². The number of carbonyl (C=O) groups is 1. The maximum atomic E-state index is 10.8. The fraction of sp³-hybridized carbons (Fsp3) is 0.857. The third-order valence-corrected chi connectivity index (χ3v) is 1.87. The first-order valence-corrected chi connectivity index (χ1v) is 4.33. The number of alkyl halides is 1. The first-order chi connectivity index (χ1) is 5.33. The van der Waals surface area contributed by atoms with Crippen molar-refractivity contribution < 1.29 is 9.53 Å². The molecule has 0 aromatic heterocycles. The van der Waals surface area contributed by atoms with Gasteiger partial charge in [-0.2, -0.15) is 0 Å². The molecule has 3 nitrogen and oxygen atoms in total. The molecule has 11 heavy (non-hydrogen) atoms. The zero-order valence-corrected chi connectivity index (χ0v) is 7.06. The van der Waals surface area contributed by atoms with E-state index in [1.165, 1.54) is 0 Å². The summed E-state index contributed by atoms with van der Waals surface area (Å²) in [5.41, 5.74) is 0. The van der Waals surface area contributed by atoms with E-state index in [0.29, 0.717) is 0 Å². The molecule has 0 radical (unpaired) electrons. The molecule has 64 valence electrons. The van der Waals surface area contributed by atoms with Crippen molar-refractivity contribution in [3.8, 4) is 0 Å². The molecule has 1 fully saturated rings. The van der Waals surface area contributed by atoms with Gasteiger partial charge in [0.05, 0.1) is 0 Å². The van der Waals surface area contributed by atoms with E-state index in [1.807, 2.05) is 0 Å². The van der Waals surface area contributed by atoms with Gasteiger partial charge in [0.15, 0.2) is 0 Å². The van der Waals surface area contributed by atoms with E-state index in [1.54, 1.807) is 0 Å². The van der Waals surface area contributed by atoms with Gasteiger partial charge in [-0.25, -0.2) is 0 Å². The minimum Gasteiger partial charge on any atom is -0.359 e. The molecule has 0 saturated carbocycles. The Morgan fingerprint density at radius 2 is 2.45 bits per heavy atom. The Morgan fingerprint density at radius 3 is 3.00 bits per heavy atom. The van der Waals surface area contributed by atoms with Gasteiger partial charge in [-0.05, 0) is 19.3 Å². The van der Waals surface area contributed by atoms with E-state index in [9.17, 15) is 4.79 Å². The Kier molecular flexibility index (Phi) is 3.66. The lowest BCUT2D eigenvalue weighted by Crippen LogP contribution is -2.39. The topological polar surface area (TPSA) is 38.3 Å². The van der Waals surface area contributed by atoms with Crippen LogP contribution in [0.25, 0.3) is 0 Å². The Labute approximate surface area is 71.1 Å². The number of hydrogen-bond acceptors (Lipinski definition) is 2. The van der Waals surface area contributed by atoms with Gasteiger partial charge >= 0.3 is 0 Å². The Bertz CT molecular complexity index is 134. The molecule has 0 aliphatic carbocycles. The third-order valence-electron chi connectivity index (χ3n) is 1.62. The SMILES string of the molecule is O=C(CCl)NC1CCCCO1. The average molecular weight is 178 g/mol. The Morgan fingerprint density at radius 1 is 1.64 bits per heavy atom. The molecular formula is C7H12ClNO2. The maximum Gasteiger partial charge on any atom is 0.236 e. The molecular weight excluding hydrogens is 166 g/mol. The van der Waals surface area contributed by atoms with E-state index >= 15 is 0 Å². The normalized spacial score (nSPS) is 24.6. The summed E-state index contributed by atoms with van der Waals surface area (Å²) < 4.78 is 5.26. The van der Waals surface area contributed by atoms with Crippen LogP contribution in [0.2, 0.25) is 0 Å². The number of rotatable bonds is 2. The maximum absolute atomic E-state index is 10.8. The quantitative estimate of drug-likeness (QED) is 0.636. The predicted octanol–water partition coefficient (Wildman–Crippen LogP) is 0.868. The minimum atomic E-state index is -0.154. The van der Waals surface area contributed by atoms with Crippen LogP contribution in [0.1, 0.15) is 19.3 Å². The molecule has 4 heteroatoms. The van der Waals surface area contributed by atoms with Crippen molar-refractivity contribution in [1.82, 2.24) is 5.32 Å². The van der Waals surface area contributed by atoms with Gasteiger partial charge in [-0.3, -0.25) is 4.79 Å². The first-order valence-electron chi connectivity index (χ1n) is 3.80. The second-order valence-electron chi connectivity index (χ2n) is 2.56.